The molecule has 9 nitrogen and oxygen atoms in total. The number of carbonyl (C=O) groups excluding carboxylic acids is 1. The fraction of sp³-hybridized carbons (Fsp3) is 0.562. The van der Waals surface area contributed by atoms with Gasteiger partial charge in [-0.2, -0.15) is 0 Å². The molecule has 0 aromatic heterocycles. The highest BCUT2D eigenvalue weighted by molar-refractivity contribution is 7.90. The Morgan fingerprint density at radius 1 is 1.23 bits per heavy atom. The van der Waals surface area contributed by atoms with Crippen molar-refractivity contribution in [1.82, 2.24) is 4.90 Å². The number of sulfone groups is 1. The van der Waals surface area contributed by atoms with Gasteiger partial charge in [-0.25, -0.2) is 13.2 Å². The highest BCUT2D eigenvalue weighted by Crippen LogP contribution is 2.32. The van der Waals surface area contributed by atoms with Crippen molar-refractivity contribution >= 4 is 27.3 Å². The lowest BCUT2D eigenvalue weighted by atomic mass is 10.2. The van der Waals surface area contributed by atoms with Crippen LogP contribution < -0.4 is 4.90 Å². The largest absolute Gasteiger partial charge is 0.444 e. The Morgan fingerprint density at radius 2 is 1.85 bits per heavy atom. The van der Waals surface area contributed by atoms with Gasteiger partial charge in [0.1, 0.15) is 5.60 Å². The molecule has 1 aliphatic heterocycles. The number of piperazine rings is 1. The van der Waals surface area contributed by atoms with E-state index in [1.165, 1.54) is 12.1 Å². The van der Waals surface area contributed by atoms with Crippen LogP contribution in [0.5, 0.6) is 0 Å². The molecule has 0 atom stereocenters. The monoisotopic (exact) mass is 381 g/mol. The van der Waals surface area contributed by atoms with E-state index in [9.17, 15) is 13.2 Å². The number of hydrogen-bond acceptors (Lipinski definition) is 6. The highest BCUT2D eigenvalue weighted by atomic mass is 32.2. The van der Waals surface area contributed by atoms with E-state index in [0.29, 0.717) is 31.9 Å². The zero-order chi connectivity index (χ0) is 19.5. The summed E-state index contributed by atoms with van der Waals surface area (Å²) >= 11 is 0. The predicted molar refractivity (Wildman–Crippen MR) is 98.4 cm³/mol. The average Bonchev–Trinajstić information content (AvgIpc) is 2.53. The van der Waals surface area contributed by atoms with E-state index in [4.69, 9.17) is 10.3 Å². The average molecular weight is 381 g/mol. The molecule has 0 N–H and O–H groups in total. The molecule has 1 saturated heterocycles. The van der Waals surface area contributed by atoms with Crippen LogP contribution in [0.4, 0.5) is 16.2 Å². The maximum Gasteiger partial charge on any atom is 0.410 e. The summed E-state index contributed by atoms with van der Waals surface area (Å²) in [5.74, 6) is 0. The number of carbonyl (C=O) groups is 1. The van der Waals surface area contributed by atoms with Gasteiger partial charge in [0.2, 0.25) is 0 Å². The molecule has 0 saturated carbocycles. The van der Waals surface area contributed by atoms with Crippen molar-refractivity contribution in [2.75, 3.05) is 37.3 Å². The first-order chi connectivity index (χ1) is 12.0. The molecule has 0 radical (unpaired) electrons. The number of anilines is 1. The minimum Gasteiger partial charge on any atom is -0.444 e. The van der Waals surface area contributed by atoms with Crippen molar-refractivity contribution < 1.29 is 17.9 Å². The quantitative estimate of drug-likeness (QED) is 0.453. The van der Waals surface area contributed by atoms with Crippen LogP contribution in [0.3, 0.4) is 0 Å². The first kappa shape index (κ1) is 19.9. The number of rotatable bonds is 3. The van der Waals surface area contributed by atoms with Crippen LogP contribution in [-0.4, -0.2) is 57.4 Å². The van der Waals surface area contributed by atoms with Gasteiger partial charge in [0.05, 0.1) is 10.6 Å². The van der Waals surface area contributed by atoms with Crippen LogP contribution in [0.2, 0.25) is 0 Å². The first-order valence-electron chi connectivity index (χ1n) is 8.13. The molecular formula is C16H23N5O4S. The van der Waals surface area contributed by atoms with Gasteiger partial charge in [-0.05, 0) is 44.5 Å². The van der Waals surface area contributed by atoms with E-state index < -0.39 is 15.4 Å². The van der Waals surface area contributed by atoms with Gasteiger partial charge in [0, 0.05) is 43.0 Å². The molecule has 142 valence electrons. The molecule has 2 rings (SSSR count). The molecular weight excluding hydrogens is 358 g/mol. The van der Waals surface area contributed by atoms with Crippen LogP contribution in [0.15, 0.2) is 28.2 Å². The minimum atomic E-state index is -3.40. The SMILES string of the molecule is CC(C)(C)OC(=O)N1CCN(c2ccc(S(C)(=O)=O)cc2N=[N+]=[N-])CC1. The smallest absolute Gasteiger partial charge is 0.410 e. The second kappa shape index (κ2) is 7.43. The van der Waals surface area contributed by atoms with Gasteiger partial charge in [0.25, 0.3) is 0 Å². The lowest BCUT2D eigenvalue weighted by Crippen LogP contribution is -2.50. The summed E-state index contributed by atoms with van der Waals surface area (Å²) in [7, 11) is -3.40. The Kier molecular flexibility index (Phi) is 5.68. The van der Waals surface area contributed by atoms with Gasteiger partial charge in [-0.3, -0.25) is 0 Å². The number of azide groups is 1. The molecule has 1 aromatic carbocycles. The molecule has 0 bridgehead atoms. The van der Waals surface area contributed by atoms with E-state index in [-0.39, 0.29) is 16.7 Å². The second-order valence-electron chi connectivity index (χ2n) is 7.07. The fourth-order valence-electron chi connectivity index (χ4n) is 2.59. The lowest BCUT2D eigenvalue weighted by molar-refractivity contribution is 0.0240. The molecule has 10 heteroatoms. The molecule has 0 spiro atoms. The Labute approximate surface area is 153 Å². The topological polar surface area (TPSA) is 116 Å². The number of amides is 1. The van der Waals surface area contributed by atoms with Gasteiger partial charge >= 0.3 is 6.09 Å². The van der Waals surface area contributed by atoms with Gasteiger partial charge < -0.3 is 14.5 Å². The zero-order valence-electron chi connectivity index (χ0n) is 15.3. The van der Waals surface area contributed by atoms with E-state index in [1.807, 2.05) is 25.7 Å². The second-order valence-corrected chi connectivity index (χ2v) is 9.08. The van der Waals surface area contributed by atoms with Crippen LogP contribution in [-0.2, 0) is 14.6 Å². The van der Waals surface area contributed by atoms with Crippen molar-refractivity contribution in [3.63, 3.8) is 0 Å². The third-order valence-electron chi connectivity index (χ3n) is 3.80. The normalized spacial score (nSPS) is 15.4. The summed E-state index contributed by atoms with van der Waals surface area (Å²) < 4.78 is 28.8. The van der Waals surface area contributed by atoms with Crippen molar-refractivity contribution in [2.24, 2.45) is 5.11 Å². The first-order valence-corrected chi connectivity index (χ1v) is 10.0. The van der Waals surface area contributed by atoms with Crippen molar-refractivity contribution in [3.05, 3.63) is 28.6 Å². The van der Waals surface area contributed by atoms with E-state index in [2.05, 4.69) is 10.0 Å². The lowest BCUT2D eigenvalue weighted by Gasteiger charge is -2.37. The molecule has 1 amide bonds. The molecule has 1 aromatic rings. The summed E-state index contributed by atoms with van der Waals surface area (Å²) in [6.07, 6.45) is 0.737. The number of hydrogen-bond donors (Lipinski definition) is 0. The Hall–Kier alpha value is -2.45. The van der Waals surface area contributed by atoms with Crippen LogP contribution in [0.25, 0.3) is 10.4 Å². The third kappa shape index (κ3) is 5.03. The summed E-state index contributed by atoms with van der Waals surface area (Å²) in [4.78, 5) is 18.6. The molecule has 1 fully saturated rings. The molecule has 1 heterocycles. The molecule has 1 aliphatic rings. The Balaban J connectivity index is 2.16. The summed E-state index contributed by atoms with van der Waals surface area (Å²) in [6, 6.07) is 4.48. The fourth-order valence-corrected chi connectivity index (χ4v) is 3.23. The maximum atomic E-state index is 12.1. The van der Waals surface area contributed by atoms with Crippen LogP contribution in [0, 0.1) is 0 Å². The summed E-state index contributed by atoms with van der Waals surface area (Å²) in [5, 5.41) is 3.63. The minimum absolute atomic E-state index is 0.0936. The van der Waals surface area contributed by atoms with E-state index in [1.54, 1.807) is 11.0 Å². The van der Waals surface area contributed by atoms with E-state index in [0.717, 1.165) is 6.26 Å². The Bertz CT molecular complexity index is 833. The number of benzene rings is 1. The van der Waals surface area contributed by atoms with Crippen molar-refractivity contribution in [3.8, 4) is 0 Å². The predicted octanol–water partition coefficient (Wildman–Crippen LogP) is 3.09. The van der Waals surface area contributed by atoms with Crippen molar-refractivity contribution in [2.45, 2.75) is 31.3 Å². The molecule has 0 aliphatic carbocycles. The zero-order valence-corrected chi connectivity index (χ0v) is 16.2. The van der Waals surface area contributed by atoms with Crippen LogP contribution in [0.1, 0.15) is 20.8 Å². The van der Waals surface area contributed by atoms with Gasteiger partial charge in [-0.1, -0.05) is 5.11 Å². The molecule has 26 heavy (non-hydrogen) atoms. The van der Waals surface area contributed by atoms with Crippen LogP contribution >= 0.6 is 0 Å². The molecule has 0 unspecified atom stereocenters. The Morgan fingerprint density at radius 3 is 2.35 bits per heavy atom. The number of nitrogens with zero attached hydrogens (tertiary/aromatic N) is 5. The van der Waals surface area contributed by atoms with E-state index >= 15 is 0 Å². The maximum absolute atomic E-state index is 12.1. The number of ether oxygens (including phenoxy) is 1. The summed E-state index contributed by atoms with van der Waals surface area (Å²) in [6.45, 7) is 7.40. The van der Waals surface area contributed by atoms with Gasteiger partial charge in [-0.15, -0.1) is 0 Å². The highest BCUT2D eigenvalue weighted by Gasteiger charge is 2.26. The van der Waals surface area contributed by atoms with Gasteiger partial charge in [0.15, 0.2) is 9.84 Å². The van der Waals surface area contributed by atoms with Crippen molar-refractivity contribution in [1.29, 1.82) is 0 Å². The third-order valence-corrected chi connectivity index (χ3v) is 4.91. The standard InChI is InChI=1S/C16H23N5O4S/c1-16(2,3)25-15(22)21-9-7-20(8-10-21)14-6-5-12(26(4,23)24)11-13(14)18-19-17/h5-6,11H,7-10H2,1-4H3. The summed E-state index contributed by atoms with van der Waals surface area (Å²) in [5.41, 5.74) is 9.12.